The van der Waals surface area contributed by atoms with Crippen molar-refractivity contribution >= 4 is 41.5 Å². The van der Waals surface area contributed by atoms with Crippen molar-refractivity contribution in [2.75, 3.05) is 27.3 Å². The summed E-state index contributed by atoms with van der Waals surface area (Å²) in [5, 5.41) is 16.2. The molecule has 0 aliphatic carbocycles. The van der Waals surface area contributed by atoms with Crippen molar-refractivity contribution in [3.8, 4) is 11.5 Å². The summed E-state index contributed by atoms with van der Waals surface area (Å²) in [4.78, 5) is 45.7. The van der Waals surface area contributed by atoms with E-state index in [1.54, 1.807) is 92.5 Å². The number of amides is 2. The van der Waals surface area contributed by atoms with Crippen LogP contribution in [0.15, 0.2) is 72.0 Å². The van der Waals surface area contributed by atoms with Gasteiger partial charge in [0.2, 0.25) is 0 Å². The van der Waals surface area contributed by atoms with E-state index in [0.29, 0.717) is 28.8 Å². The fourth-order valence-corrected chi connectivity index (χ4v) is 5.58. The number of nitrogens with zero attached hydrogens (tertiary/aromatic N) is 7. The average molecular weight is 642 g/mol. The predicted molar refractivity (Wildman–Crippen MR) is 166 cm³/mol. The number of carbonyl (C=O) groups is 2. The zero-order chi connectivity index (χ0) is 32.0. The number of rotatable bonds is 9. The van der Waals surface area contributed by atoms with Gasteiger partial charge >= 0.3 is 0 Å². The maximum atomic E-state index is 14.2. The van der Waals surface area contributed by atoms with Gasteiger partial charge in [0.1, 0.15) is 21.8 Å². The van der Waals surface area contributed by atoms with E-state index in [-0.39, 0.29) is 24.6 Å². The molecule has 0 bridgehead atoms. The van der Waals surface area contributed by atoms with Gasteiger partial charge in [0, 0.05) is 30.4 Å². The molecule has 0 radical (unpaired) electrons. The van der Waals surface area contributed by atoms with E-state index in [2.05, 4.69) is 10.1 Å². The van der Waals surface area contributed by atoms with Gasteiger partial charge in [-0.3, -0.25) is 13.9 Å². The molecule has 0 saturated carbocycles. The lowest BCUT2D eigenvalue weighted by molar-refractivity contribution is -0.486. The molecule has 1 fully saturated rings. The number of methoxy groups -OCH3 is 2. The maximum absolute atomic E-state index is 14.2. The Kier molecular flexibility index (Phi) is 10.2. The number of benzene rings is 2. The number of carbonyl (C=O) groups excluding carboxylic acids is 2. The van der Waals surface area contributed by atoms with Crippen LogP contribution in [0.2, 0.25) is 5.15 Å². The van der Waals surface area contributed by atoms with E-state index in [9.17, 15) is 19.7 Å². The Morgan fingerprint density at radius 1 is 0.977 bits per heavy atom. The van der Waals surface area contributed by atoms with E-state index in [0.717, 1.165) is 17.7 Å². The van der Waals surface area contributed by atoms with E-state index in [1.165, 1.54) is 27.9 Å². The summed E-state index contributed by atoms with van der Waals surface area (Å²) < 4.78 is 13.2. The van der Waals surface area contributed by atoms with E-state index < -0.39 is 22.4 Å². The van der Waals surface area contributed by atoms with Crippen LogP contribution in [0.3, 0.4) is 0 Å². The fraction of sp³-hybridized carbons (Fsp3) is 0.310. The van der Waals surface area contributed by atoms with Crippen molar-refractivity contribution < 1.29 is 24.1 Å². The number of aromatic nitrogens is 1. The van der Waals surface area contributed by atoms with E-state index >= 15 is 0 Å². The molecule has 4 rings (SSSR count). The molecule has 1 aliphatic rings. The molecule has 2 heterocycles. The lowest BCUT2D eigenvalue weighted by atomic mass is 10.1. The Balaban J connectivity index is 1.74. The Labute approximate surface area is 264 Å². The first-order valence-corrected chi connectivity index (χ1v) is 14.5. The van der Waals surface area contributed by atoms with Gasteiger partial charge < -0.3 is 14.4 Å². The lowest BCUT2D eigenvalue weighted by Crippen LogP contribution is -2.56. The highest BCUT2D eigenvalue weighted by molar-refractivity contribution is 7.95. The molecule has 13 nitrogen and oxygen atoms in total. The molecule has 1 saturated heterocycles. The largest absolute Gasteiger partial charge is 0.497 e. The maximum Gasteiger partial charge on any atom is 0.285 e. The monoisotopic (exact) mass is 641 g/mol. The van der Waals surface area contributed by atoms with Gasteiger partial charge in [-0.15, -0.1) is 0 Å². The first-order chi connectivity index (χ1) is 20.9. The molecule has 1 aliphatic heterocycles. The minimum Gasteiger partial charge on any atom is -0.497 e. The number of guanidine groups is 1. The molecule has 2 amide bonds. The molecule has 44 heavy (non-hydrogen) atoms. The first kappa shape index (κ1) is 32.4. The summed E-state index contributed by atoms with van der Waals surface area (Å²) in [5.74, 6) is 0.127. The quantitative estimate of drug-likeness (QED) is 0.136. The number of hydrogen-bond acceptors (Lipinski definition) is 8. The van der Waals surface area contributed by atoms with Crippen LogP contribution in [0, 0.1) is 10.1 Å². The summed E-state index contributed by atoms with van der Waals surface area (Å²) in [6.07, 6.45) is 1.58. The molecule has 2 aromatic carbocycles. The Morgan fingerprint density at radius 3 is 2.02 bits per heavy atom. The van der Waals surface area contributed by atoms with Crippen molar-refractivity contribution in [2.24, 2.45) is 5.10 Å². The van der Waals surface area contributed by atoms with Crippen LogP contribution in [-0.4, -0.2) is 79.3 Å². The number of ether oxygens (including phenoxy) is 2. The van der Waals surface area contributed by atoms with Gasteiger partial charge in [-0.25, -0.2) is 20.1 Å². The SMILES string of the molecule is COc1ccc(C(=O)N(SN2CCN(Cc3ccc(Cl)nc3)/C2=N/[N+](=O)[O-])N(C(=O)c2ccc(OC)cc2)C(C)(C)C)cc1. The summed E-state index contributed by atoms with van der Waals surface area (Å²) in [5.41, 5.74) is 0.424. The zero-order valence-corrected chi connectivity index (χ0v) is 26.4. The molecule has 0 N–H and O–H groups in total. The van der Waals surface area contributed by atoms with Crippen LogP contribution in [0.1, 0.15) is 47.1 Å². The summed E-state index contributed by atoms with van der Waals surface area (Å²) in [7, 11) is 3.04. The molecule has 0 unspecified atom stereocenters. The van der Waals surface area contributed by atoms with Gasteiger partial charge in [-0.2, -0.15) is 4.41 Å². The van der Waals surface area contributed by atoms with Crippen molar-refractivity contribution in [3.05, 3.63) is 98.8 Å². The second-order valence-electron chi connectivity index (χ2n) is 10.6. The number of hydrazone groups is 1. The van der Waals surface area contributed by atoms with Gasteiger partial charge in [-0.1, -0.05) is 17.7 Å². The Morgan fingerprint density at radius 2 is 1.55 bits per heavy atom. The number of pyridine rings is 1. The Bertz CT molecular complexity index is 1520. The van der Waals surface area contributed by atoms with E-state index in [4.69, 9.17) is 21.1 Å². The second kappa shape index (κ2) is 13.8. The van der Waals surface area contributed by atoms with Crippen molar-refractivity contribution in [2.45, 2.75) is 32.9 Å². The van der Waals surface area contributed by atoms with Gasteiger partial charge in [0.25, 0.3) is 17.8 Å². The molecule has 232 valence electrons. The normalized spacial score (nSPS) is 14.0. The number of halogens is 1. The van der Waals surface area contributed by atoms with Crippen molar-refractivity contribution in [1.29, 1.82) is 0 Å². The topological polar surface area (TPSA) is 134 Å². The van der Waals surface area contributed by atoms with Crippen molar-refractivity contribution in [1.82, 2.24) is 23.6 Å². The Hall–Kier alpha value is -4.56. The van der Waals surface area contributed by atoms with Crippen LogP contribution in [0.4, 0.5) is 0 Å². The number of hydrogen-bond donors (Lipinski definition) is 0. The molecule has 0 atom stereocenters. The average Bonchev–Trinajstić information content (AvgIpc) is 3.36. The highest BCUT2D eigenvalue weighted by Gasteiger charge is 2.41. The standard InChI is InChI=1S/C29H32ClN7O6S/c1-29(2,3)35(26(38)21-7-11-23(42-4)12-8-21)36(27(39)22-9-13-24(43-5)14-10-22)44-34-17-16-33(28(34)32-37(40)41)19-20-6-15-25(30)31-18-20/h6-15,18H,16-17,19H2,1-5H3/b32-28-. The summed E-state index contributed by atoms with van der Waals surface area (Å²) in [6, 6.07) is 16.4. The second-order valence-corrected chi connectivity index (χ2v) is 11.9. The van der Waals surface area contributed by atoms with Crippen LogP contribution >= 0.6 is 23.7 Å². The van der Waals surface area contributed by atoms with Crippen LogP contribution in [0.25, 0.3) is 0 Å². The van der Waals surface area contributed by atoms with Gasteiger partial charge in [0.15, 0.2) is 5.03 Å². The predicted octanol–water partition coefficient (Wildman–Crippen LogP) is 4.98. The van der Waals surface area contributed by atoms with Gasteiger partial charge in [0.05, 0.1) is 38.4 Å². The number of hydrazine groups is 1. The number of nitro groups is 1. The third-order valence-corrected chi connectivity index (χ3v) is 7.70. The third-order valence-electron chi connectivity index (χ3n) is 6.45. The third kappa shape index (κ3) is 7.68. The molecule has 0 spiro atoms. The van der Waals surface area contributed by atoms with Crippen LogP contribution < -0.4 is 9.47 Å². The minimum atomic E-state index is -0.916. The zero-order valence-electron chi connectivity index (χ0n) is 24.8. The first-order valence-electron chi connectivity index (χ1n) is 13.4. The summed E-state index contributed by atoms with van der Waals surface area (Å²) in [6.45, 7) is 6.25. The smallest absolute Gasteiger partial charge is 0.285 e. The van der Waals surface area contributed by atoms with Crippen molar-refractivity contribution in [3.63, 3.8) is 0 Å². The van der Waals surface area contributed by atoms with E-state index in [1.807, 2.05) is 0 Å². The molecule has 3 aromatic rings. The molecule has 15 heteroatoms. The van der Waals surface area contributed by atoms with Crippen LogP contribution in [-0.2, 0) is 6.54 Å². The lowest BCUT2D eigenvalue weighted by Gasteiger charge is -2.43. The van der Waals surface area contributed by atoms with Crippen LogP contribution in [0.5, 0.6) is 11.5 Å². The highest BCUT2D eigenvalue weighted by atomic mass is 35.5. The summed E-state index contributed by atoms with van der Waals surface area (Å²) >= 11 is 6.77. The van der Waals surface area contributed by atoms with Gasteiger partial charge in [-0.05, 0) is 80.9 Å². The highest BCUT2D eigenvalue weighted by Crippen LogP contribution is 2.33. The minimum absolute atomic E-state index is 0.00763. The fourth-order valence-electron chi connectivity index (χ4n) is 4.32. The molecular weight excluding hydrogens is 610 g/mol. The molecular formula is C29H32ClN7O6S. The molecule has 1 aromatic heterocycles.